The van der Waals surface area contributed by atoms with Crippen molar-refractivity contribution in [3.05, 3.63) is 34.9 Å². The lowest BCUT2D eigenvalue weighted by atomic mass is 10.0. The van der Waals surface area contributed by atoms with E-state index in [1.807, 2.05) is 31.7 Å². The van der Waals surface area contributed by atoms with Gasteiger partial charge in [0.1, 0.15) is 5.60 Å². The Morgan fingerprint density at radius 3 is 2.56 bits per heavy atom. The number of fused-ring (bicyclic) bond motifs is 1. The van der Waals surface area contributed by atoms with Crippen molar-refractivity contribution in [2.75, 3.05) is 13.1 Å². The summed E-state index contributed by atoms with van der Waals surface area (Å²) in [5, 5.41) is 9.01. The number of likely N-dealkylation sites (tertiary alicyclic amines) is 1. The normalized spacial score (nSPS) is 18.1. The van der Waals surface area contributed by atoms with Gasteiger partial charge in [-0.15, -0.1) is 0 Å². The van der Waals surface area contributed by atoms with Crippen molar-refractivity contribution in [3.63, 3.8) is 0 Å². The number of hydrogen-bond donors (Lipinski definition) is 0. The minimum absolute atomic E-state index is 0.0113. The number of rotatable bonds is 1. The standard InChI is InChI=1S/C19H23N3O3/c1-19(2,3)25-18(24)21-8-6-15(7-9-21)22-12-14-5-4-13(11-20)10-16(14)17(22)23/h4-5,10,15H,6-9,12H2,1-3H3. The Morgan fingerprint density at radius 1 is 1.28 bits per heavy atom. The molecule has 1 saturated heterocycles. The van der Waals surface area contributed by atoms with Crippen LogP contribution < -0.4 is 0 Å². The summed E-state index contributed by atoms with van der Waals surface area (Å²) < 4.78 is 5.41. The van der Waals surface area contributed by atoms with E-state index in [0.717, 1.165) is 18.4 Å². The molecule has 0 saturated carbocycles. The van der Waals surface area contributed by atoms with Crippen LogP contribution in [0.3, 0.4) is 0 Å². The first-order chi connectivity index (χ1) is 11.8. The van der Waals surface area contributed by atoms with Crippen molar-refractivity contribution in [1.29, 1.82) is 5.26 Å². The van der Waals surface area contributed by atoms with E-state index in [2.05, 4.69) is 6.07 Å². The molecule has 0 N–H and O–H groups in total. The summed E-state index contributed by atoms with van der Waals surface area (Å²) in [7, 11) is 0. The average Bonchev–Trinajstić information content (AvgIpc) is 2.90. The highest BCUT2D eigenvalue weighted by Gasteiger charge is 2.36. The molecule has 3 rings (SSSR count). The smallest absolute Gasteiger partial charge is 0.410 e. The zero-order valence-corrected chi connectivity index (χ0v) is 14.9. The lowest BCUT2D eigenvalue weighted by Crippen LogP contribution is -2.48. The van der Waals surface area contributed by atoms with Crippen molar-refractivity contribution in [2.45, 2.75) is 51.8 Å². The van der Waals surface area contributed by atoms with Gasteiger partial charge in [-0.3, -0.25) is 4.79 Å². The lowest BCUT2D eigenvalue weighted by Gasteiger charge is -2.37. The van der Waals surface area contributed by atoms with Gasteiger partial charge < -0.3 is 14.5 Å². The Balaban J connectivity index is 1.62. The van der Waals surface area contributed by atoms with Gasteiger partial charge in [0, 0.05) is 31.2 Å². The molecule has 0 aromatic heterocycles. The van der Waals surface area contributed by atoms with Crippen LogP contribution in [-0.2, 0) is 11.3 Å². The third-order valence-corrected chi connectivity index (χ3v) is 4.63. The molecule has 2 aliphatic heterocycles. The summed E-state index contributed by atoms with van der Waals surface area (Å²) in [5.74, 6) is -0.0113. The van der Waals surface area contributed by atoms with Crippen LogP contribution in [0.5, 0.6) is 0 Å². The second-order valence-corrected chi connectivity index (χ2v) is 7.62. The second-order valence-electron chi connectivity index (χ2n) is 7.62. The van der Waals surface area contributed by atoms with Crippen molar-refractivity contribution in [2.24, 2.45) is 0 Å². The van der Waals surface area contributed by atoms with Crippen LogP contribution in [0, 0.1) is 11.3 Å². The summed E-state index contributed by atoms with van der Waals surface area (Å²) >= 11 is 0. The Morgan fingerprint density at radius 2 is 1.96 bits per heavy atom. The molecule has 0 atom stereocenters. The van der Waals surface area contributed by atoms with Crippen molar-refractivity contribution in [1.82, 2.24) is 9.80 Å². The minimum Gasteiger partial charge on any atom is -0.444 e. The predicted molar refractivity (Wildman–Crippen MR) is 91.9 cm³/mol. The van der Waals surface area contributed by atoms with Gasteiger partial charge >= 0.3 is 6.09 Å². The highest BCUT2D eigenvalue weighted by atomic mass is 16.6. The van der Waals surface area contributed by atoms with Gasteiger partial charge in [-0.05, 0) is 51.3 Å². The van der Waals surface area contributed by atoms with E-state index >= 15 is 0 Å². The van der Waals surface area contributed by atoms with E-state index in [0.29, 0.717) is 30.8 Å². The number of nitriles is 1. The SMILES string of the molecule is CC(C)(C)OC(=O)N1CCC(N2Cc3ccc(C#N)cc3C2=O)CC1. The van der Waals surface area contributed by atoms with E-state index in [1.165, 1.54) is 0 Å². The van der Waals surface area contributed by atoms with Crippen LogP contribution in [0.4, 0.5) is 4.79 Å². The van der Waals surface area contributed by atoms with Crippen LogP contribution in [0.15, 0.2) is 18.2 Å². The minimum atomic E-state index is -0.501. The number of ether oxygens (including phenoxy) is 1. The number of nitrogens with zero attached hydrogens (tertiary/aromatic N) is 3. The molecule has 1 aromatic carbocycles. The number of carbonyl (C=O) groups is 2. The largest absolute Gasteiger partial charge is 0.444 e. The highest BCUT2D eigenvalue weighted by Crippen LogP contribution is 2.29. The van der Waals surface area contributed by atoms with E-state index in [9.17, 15) is 9.59 Å². The first-order valence-electron chi connectivity index (χ1n) is 8.60. The molecule has 1 fully saturated rings. The van der Waals surface area contributed by atoms with Crippen molar-refractivity contribution < 1.29 is 14.3 Å². The molecule has 0 bridgehead atoms. The van der Waals surface area contributed by atoms with Gasteiger partial charge in [0.15, 0.2) is 0 Å². The number of carbonyl (C=O) groups excluding carboxylic acids is 2. The molecule has 6 heteroatoms. The predicted octanol–water partition coefficient (Wildman–Crippen LogP) is 2.91. The molecular weight excluding hydrogens is 318 g/mol. The van der Waals surface area contributed by atoms with Gasteiger partial charge in [0.25, 0.3) is 5.91 Å². The van der Waals surface area contributed by atoms with Crippen molar-refractivity contribution in [3.8, 4) is 6.07 Å². The van der Waals surface area contributed by atoms with E-state index in [1.54, 1.807) is 17.0 Å². The number of hydrogen-bond acceptors (Lipinski definition) is 4. The molecule has 2 aliphatic rings. The summed E-state index contributed by atoms with van der Waals surface area (Å²) in [6.45, 7) is 7.32. The maximum atomic E-state index is 12.7. The molecule has 132 valence electrons. The van der Waals surface area contributed by atoms with Gasteiger partial charge in [0.05, 0.1) is 11.6 Å². The number of amides is 2. The first-order valence-corrected chi connectivity index (χ1v) is 8.60. The average molecular weight is 341 g/mol. The van der Waals surface area contributed by atoms with Crippen LogP contribution >= 0.6 is 0 Å². The quantitative estimate of drug-likeness (QED) is 0.787. The zero-order chi connectivity index (χ0) is 18.2. The monoisotopic (exact) mass is 341 g/mol. The van der Waals surface area contributed by atoms with Crippen LogP contribution in [0.2, 0.25) is 0 Å². The third-order valence-electron chi connectivity index (χ3n) is 4.63. The second kappa shape index (κ2) is 6.40. The van der Waals surface area contributed by atoms with Crippen LogP contribution in [-0.4, -0.2) is 46.5 Å². The fourth-order valence-electron chi connectivity index (χ4n) is 3.37. The van der Waals surface area contributed by atoms with Gasteiger partial charge in [-0.25, -0.2) is 4.79 Å². The Bertz CT molecular complexity index is 737. The van der Waals surface area contributed by atoms with E-state index in [4.69, 9.17) is 10.00 Å². The molecular formula is C19H23N3O3. The third kappa shape index (κ3) is 3.60. The Labute approximate surface area is 148 Å². The molecule has 2 heterocycles. The fraction of sp³-hybridized carbons (Fsp3) is 0.526. The van der Waals surface area contributed by atoms with Crippen molar-refractivity contribution >= 4 is 12.0 Å². The molecule has 0 spiro atoms. The van der Waals surface area contributed by atoms with Gasteiger partial charge in [-0.2, -0.15) is 5.26 Å². The number of piperidine rings is 1. The highest BCUT2D eigenvalue weighted by molar-refractivity contribution is 5.98. The summed E-state index contributed by atoms with van der Waals surface area (Å²) in [6.07, 6.45) is 1.19. The molecule has 0 unspecified atom stereocenters. The number of benzene rings is 1. The summed E-state index contributed by atoms with van der Waals surface area (Å²) in [6, 6.07) is 7.48. The molecule has 25 heavy (non-hydrogen) atoms. The molecule has 2 amide bonds. The molecule has 6 nitrogen and oxygen atoms in total. The van der Waals surface area contributed by atoms with Crippen LogP contribution in [0.25, 0.3) is 0 Å². The van der Waals surface area contributed by atoms with Gasteiger partial charge in [0.2, 0.25) is 0 Å². The fourth-order valence-corrected chi connectivity index (χ4v) is 3.37. The zero-order valence-electron chi connectivity index (χ0n) is 14.9. The molecule has 0 aliphatic carbocycles. The summed E-state index contributed by atoms with van der Waals surface area (Å²) in [5.41, 5.74) is 1.61. The van der Waals surface area contributed by atoms with Crippen LogP contribution in [0.1, 0.15) is 55.1 Å². The van der Waals surface area contributed by atoms with Gasteiger partial charge in [-0.1, -0.05) is 6.07 Å². The Kier molecular flexibility index (Phi) is 4.42. The first kappa shape index (κ1) is 17.3. The molecule has 1 aromatic rings. The van der Waals surface area contributed by atoms with E-state index < -0.39 is 5.60 Å². The molecule has 0 radical (unpaired) electrons. The summed E-state index contributed by atoms with van der Waals surface area (Å²) in [4.78, 5) is 28.4. The maximum Gasteiger partial charge on any atom is 0.410 e. The topological polar surface area (TPSA) is 73.6 Å². The Hall–Kier alpha value is -2.55. The maximum absolute atomic E-state index is 12.7. The van der Waals surface area contributed by atoms with E-state index in [-0.39, 0.29) is 18.0 Å². The lowest BCUT2D eigenvalue weighted by molar-refractivity contribution is 0.0148.